The first-order valence-electron chi connectivity index (χ1n) is 5.87. The normalized spacial score (nSPS) is 18.7. The van der Waals surface area contributed by atoms with Crippen LogP contribution in [-0.2, 0) is 0 Å². The van der Waals surface area contributed by atoms with Gasteiger partial charge in [0.25, 0.3) is 5.91 Å². The summed E-state index contributed by atoms with van der Waals surface area (Å²) < 4.78 is 0.105. The summed E-state index contributed by atoms with van der Waals surface area (Å²) in [6.07, 6.45) is 0. The highest BCUT2D eigenvalue weighted by Crippen LogP contribution is 2.31. The van der Waals surface area contributed by atoms with Crippen LogP contribution >= 0.6 is 23.4 Å². The van der Waals surface area contributed by atoms with Gasteiger partial charge in [-0.2, -0.15) is 11.8 Å². The third-order valence-corrected chi connectivity index (χ3v) is 4.55. The Hall–Kier alpha value is -0.870. The molecule has 2 rings (SSSR count). The molecule has 18 heavy (non-hydrogen) atoms. The number of nitrogens with two attached hydrogens (primary N) is 1. The molecule has 0 unspecified atom stereocenters. The number of amides is 1. The third kappa shape index (κ3) is 2.93. The summed E-state index contributed by atoms with van der Waals surface area (Å²) in [5.74, 6) is 0.957. The molecular formula is C13H17ClN2OS. The Morgan fingerprint density at radius 3 is 2.83 bits per heavy atom. The van der Waals surface area contributed by atoms with E-state index >= 15 is 0 Å². The molecule has 0 bridgehead atoms. The predicted octanol–water partition coefficient (Wildman–Crippen LogP) is 2.89. The van der Waals surface area contributed by atoms with Gasteiger partial charge in [0.05, 0.1) is 10.6 Å². The Balaban J connectivity index is 2.20. The second kappa shape index (κ2) is 5.02. The largest absolute Gasteiger partial charge is 0.399 e. The molecule has 3 nitrogen and oxygen atoms in total. The fraction of sp³-hybridized carbons (Fsp3) is 0.462. The Kier molecular flexibility index (Phi) is 3.78. The van der Waals surface area contributed by atoms with E-state index in [-0.39, 0.29) is 10.7 Å². The van der Waals surface area contributed by atoms with Crippen LogP contribution in [0.3, 0.4) is 0 Å². The molecule has 1 aromatic rings. The van der Waals surface area contributed by atoms with Gasteiger partial charge >= 0.3 is 0 Å². The van der Waals surface area contributed by atoms with Crippen LogP contribution in [-0.4, -0.2) is 34.4 Å². The topological polar surface area (TPSA) is 46.3 Å². The average molecular weight is 285 g/mol. The minimum absolute atomic E-state index is 0.00613. The highest BCUT2D eigenvalue weighted by Gasteiger charge is 2.30. The van der Waals surface area contributed by atoms with Crippen molar-refractivity contribution in [1.82, 2.24) is 4.90 Å². The van der Waals surface area contributed by atoms with Gasteiger partial charge < -0.3 is 10.6 Å². The minimum atomic E-state index is -0.00613. The van der Waals surface area contributed by atoms with Crippen molar-refractivity contribution in [2.45, 2.75) is 18.6 Å². The molecule has 0 spiro atoms. The van der Waals surface area contributed by atoms with Crippen molar-refractivity contribution < 1.29 is 4.79 Å². The lowest BCUT2D eigenvalue weighted by Crippen LogP contribution is -2.46. The van der Waals surface area contributed by atoms with E-state index in [1.807, 2.05) is 16.7 Å². The van der Waals surface area contributed by atoms with Crippen molar-refractivity contribution in [1.29, 1.82) is 0 Å². The number of nitrogen functional groups attached to an aromatic ring is 1. The zero-order valence-electron chi connectivity index (χ0n) is 10.6. The molecule has 0 atom stereocenters. The van der Waals surface area contributed by atoms with Gasteiger partial charge in [-0.1, -0.05) is 11.6 Å². The van der Waals surface area contributed by atoms with Crippen LogP contribution in [0.2, 0.25) is 5.02 Å². The van der Waals surface area contributed by atoms with Crippen molar-refractivity contribution in [2.75, 3.05) is 24.6 Å². The lowest BCUT2D eigenvalue weighted by Gasteiger charge is -2.37. The molecule has 1 saturated heterocycles. The molecule has 1 amide bonds. The van der Waals surface area contributed by atoms with Crippen LogP contribution in [0.25, 0.3) is 0 Å². The van der Waals surface area contributed by atoms with Crippen LogP contribution in [0.5, 0.6) is 0 Å². The van der Waals surface area contributed by atoms with Crippen LogP contribution in [0.15, 0.2) is 18.2 Å². The van der Waals surface area contributed by atoms with Crippen LogP contribution in [0.4, 0.5) is 5.69 Å². The van der Waals surface area contributed by atoms with Gasteiger partial charge in [-0.05, 0) is 32.0 Å². The fourth-order valence-corrected chi connectivity index (χ4v) is 3.45. The second-order valence-corrected chi connectivity index (χ2v) is 7.28. The van der Waals surface area contributed by atoms with Crippen molar-refractivity contribution in [3.8, 4) is 0 Å². The van der Waals surface area contributed by atoms with Crippen LogP contribution in [0, 0.1) is 0 Å². The predicted molar refractivity (Wildman–Crippen MR) is 78.3 cm³/mol. The van der Waals surface area contributed by atoms with E-state index in [0.29, 0.717) is 16.3 Å². The summed E-state index contributed by atoms with van der Waals surface area (Å²) in [6, 6.07) is 5.04. The van der Waals surface area contributed by atoms with E-state index in [2.05, 4.69) is 13.8 Å². The van der Waals surface area contributed by atoms with E-state index in [9.17, 15) is 4.79 Å². The molecule has 1 heterocycles. The molecule has 98 valence electrons. The van der Waals surface area contributed by atoms with Crippen LogP contribution < -0.4 is 5.73 Å². The summed E-state index contributed by atoms with van der Waals surface area (Å²) in [5.41, 5.74) is 6.75. The number of anilines is 1. The van der Waals surface area contributed by atoms with Crippen molar-refractivity contribution in [3.63, 3.8) is 0 Å². The monoisotopic (exact) mass is 284 g/mol. The van der Waals surface area contributed by atoms with Gasteiger partial charge in [-0.25, -0.2) is 0 Å². The summed E-state index contributed by atoms with van der Waals surface area (Å²) in [5, 5.41) is 0.427. The Labute approximate surface area is 117 Å². The zero-order valence-corrected chi connectivity index (χ0v) is 12.1. The number of benzene rings is 1. The highest BCUT2D eigenvalue weighted by atomic mass is 35.5. The van der Waals surface area contributed by atoms with E-state index in [1.165, 1.54) is 0 Å². The number of hydrogen-bond donors (Lipinski definition) is 1. The number of hydrogen-bond acceptors (Lipinski definition) is 3. The third-order valence-electron chi connectivity index (χ3n) is 2.94. The maximum absolute atomic E-state index is 12.4. The molecule has 1 fully saturated rings. The summed E-state index contributed by atoms with van der Waals surface area (Å²) >= 11 is 7.98. The molecule has 0 aromatic heterocycles. The first-order valence-corrected chi connectivity index (χ1v) is 7.24. The number of thioether (sulfide) groups is 1. The molecule has 2 N–H and O–H groups in total. The summed E-state index contributed by atoms with van der Waals surface area (Å²) in [7, 11) is 0. The Morgan fingerprint density at radius 2 is 2.22 bits per heavy atom. The fourth-order valence-electron chi connectivity index (χ4n) is 2.06. The SMILES string of the molecule is CC1(C)CN(C(=O)c2ccc(N)cc2Cl)CCS1. The van der Waals surface area contributed by atoms with Gasteiger partial charge in [-0.15, -0.1) is 0 Å². The maximum atomic E-state index is 12.4. The molecule has 1 aliphatic rings. The Morgan fingerprint density at radius 1 is 1.50 bits per heavy atom. The first-order chi connectivity index (χ1) is 8.39. The van der Waals surface area contributed by atoms with Gasteiger partial charge in [0.15, 0.2) is 0 Å². The van der Waals surface area contributed by atoms with Gasteiger partial charge in [0, 0.05) is 29.3 Å². The van der Waals surface area contributed by atoms with E-state index < -0.39 is 0 Å². The molecular weight excluding hydrogens is 268 g/mol. The highest BCUT2D eigenvalue weighted by molar-refractivity contribution is 8.00. The summed E-state index contributed by atoms with van der Waals surface area (Å²) in [6.45, 7) is 5.83. The number of carbonyl (C=O) groups is 1. The van der Waals surface area contributed by atoms with Gasteiger partial charge in [-0.3, -0.25) is 4.79 Å². The Bertz CT molecular complexity index is 476. The minimum Gasteiger partial charge on any atom is -0.399 e. The number of halogens is 1. The molecule has 5 heteroatoms. The second-order valence-electron chi connectivity index (χ2n) is 5.07. The van der Waals surface area contributed by atoms with Crippen LogP contribution in [0.1, 0.15) is 24.2 Å². The average Bonchev–Trinajstić information content (AvgIpc) is 2.27. The number of carbonyl (C=O) groups excluding carboxylic acids is 1. The lowest BCUT2D eigenvalue weighted by molar-refractivity contribution is 0.0748. The quantitative estimate of drug-likeness (QED) is 0.807. The van der Waals surface area contributed by atoms with E-state index in [4.69, 9.17) is 17.3 Å². The van der Waals surface area contributed by atoms with Gasteiger partial charge in [0.1, 0.15) is 0 Å². The molecule has 1 aliphatic heterocycles. The first kappa shape index (κ1) is 13.6. The van der Waals surface area contributed by atoms with Crippen molar-refractivity contribution in [3.05, 3.63) is 28.8 Å². The number of rotatable bonds is 1. The zero-order chi connectivity index (χ0) is 13.3. The standard InChI is InChI=1S/C13H17ClN2OS/c1-13(2)8-16(5-6-18-13)12(17)10-4-3-9(15)7-11(10)14/h3-4,7H,5-6,8,15H2,1-2H3. The van der Waals surface area contributed by atoms with E-state index in [1.54, 1.807) is 18.2 Å². The smallest absolute Gasteiger partial charge is 0.255 e. The molecule has 0 saturated carbocycles. The van der Waals surface area contributed by atoms with Gasteiger partial charge in [0.2, 0.25) is 0 Å². The molecule has 0 aliphatic carbocycles. The molecule has 0 radical (unpaired) electrons. The van der Waals surface area contributed by atoms with Crippen molar-refractivity contribution >= 4 is 35.0 Å². The number of nitrogens with zero attached hydrogens (tertiary/aromatic N) is 1. The summed E-state index contributed by atoms with van der Waals surface area (Å²) in [4.78, 5) is 14.3. The molecule has 1 aromatic carbocycles. The van der Waals surface area contributed by atoms with E-state index in [0.717, 1.165) is 18.8 Å². The lowest BCUT2D eigenvalue weighted by atomic mass is 10.1. The van der Waals surface area contributed by atoms with Crippen molar-refractivity contribution in [2.24, 2.45) is 0 Å². The maximum Gasteiger partial charge on any atom is 0.255 e.